The maximum Gasteiger partial charge on any atom is 0.0346 e. The van der Waals surface area contributed by atoms with E-state index >= 15 is 0 Å². The summed E-state index contributed by atoms with van der Waals surface area (Å²) < 4.78 is 0. The van der Waals surface area contributed by atoms with Crippen LogP contribution in [0.3, 0.4) is 0 Å². The summed E-state index contributed by atoms with van der Waals surface area (Å²) in [6.07, 6.45) is 10.0. The normalized spacial score (nSPS) is 25.5. The van der Waals surface area contributed by atoms with Crippen LogP contribution in [-0.4, -0.2) is 0 Å². The lowest BCUT2D eigenvalue weighted by Crippen LogP contribution is -1.99. The molecular weight excluding hydrogens is 134 g/mol. The molecule has 2 N–H and O–H groups in total. The summed E-state index contributed by atoms with van der Waals surface area (Å²) in [7, 11) is 0. The molecule has 58 valence electrons. The highest BCUT2D eigenvalue weighted by Gasteiger charge is 1.93. The van der Waals surface area contributed by atoms with Gasteiger partial charge in [0.25, 0.3) is 0 Å². The number of rotatable bonds is 0. The Kier molecular flexibility index (Phi) is 2.32. The zero-order valence-electron chi connectivity index (χ0n) is 6.96. The molecule has 0 saturated heterocycles. The molecule has 0 fully saturated rings. The number of nitrogens with two attached hydrogens (primary N) is 1. The molecule has 0 bridgehead atoms. The predicted molar refractivity (Wildman–Crippen MR) is 48.9 cm³/mol. The Morgan fingerprint density at radius 3 is 2.45 bits per heavy atom. The third-order valence-electron chi connectivity index (χ3n) is 1.65. The molecule has 0 aromatic rings. The van der Waals surface area contributed by atoms with Crippen molar-refractivity contribution >= 4 is 0 Å². The van der Waals surface area contributed by atoms with Crippen molar-refractivity contribution < 1.29 is 0 Å². The van der Waals surface area contributed by atoms with E-state index in [0.29, 0.717) is 0 Å². The van der Waals surface area contributed by atoms with E-state index in [-0.39, 0.29) is 0 Å². The Morgan fingerprint density at radius 1 is 1.09 bits per heavy atom. The molecule has 1 rings (SSSR count). The molecule has 0 heterocycles. The molecule has 11 heavy (non-hydrogen) atoms. The monoisotopic (exact) mass is 147 g/mol. The number of hydrogen-bond acceptors (Lipinski definition) is 1. The second-order valence-corrected chi connectivity index (χ2v) is 2.74. The predicted octanol–water partition coefficient (Wildman–Crippen LogP) is 2.29. The maximum absolute atomic E-state index is 5.76. The molecule has 1 heteroatoms. The molecule has 0 saturated carbocycles. The Morgan fingerprint density at radius 2 is 1.73 bits per heavy atom. The van der Waals surface area contributed by atoms with Crippen LogP contribution in [0.15, 0.2) is 47.2 Å². The maximum atomic E-state index is 5.76. The van der Waals surface area contributed by atoms with E-state index in [1.807, 2.05) is 44.2 Å². The molecule has 0 amide bonds. The van der Waals surface area contributed by atoms with Crippen LogP contribution in [0.25, 0.3) is 0 Å². The van der Waals surface area contributed by atoms with Crippen molar-refractivity contribution in [2.75, 3.05) is 0 Å². The molecule has 0 radical (unpaired) electrons. The van der Waals surface area contributed by atoms with Crippen LogP contribution in [0.1, 0.15) is 13.8 Å². The van der Waals surface area contributed by atoms with Crippen LogP contribution in [0, 0.1) is 0 Å². The molecule has 0 aliphatic heterocycles. The number of hydrogen-bond donors (Lipinski definition) is 1. The second-order valence-electron chi connectivity index (χ2n) is 2.74. The summed E-state index contributed by atoms with van der Waals surface area (Å²) in [5.74, 6) is 0. The summed E-state index contributed by atoms with van der Waals surface area (Å²) in [5, 5.41) is 0. The topological polar surface area (TPSA) is 26.0 Å². The Hall–Kier alpha value is -1.24. The van der Waals surface area contributed by atoms with Crippen LogP contribution in [0.4, 0.5) is 0 Å². The first-order chi connectivity index (χ1) is 5.20. The van der Waals surface area contributed by atoms with Gasteiger partial charge in [-0.25, -0.2) is 0 Å². The average molecular weight is 147 g/mol. The molecule has 0 aromatic carbocycles. The largest absolute Gasteiger partial charge is 0.399 e. The summed E-state index contributed by atoms with van der Waals surface area (Å²) in [6, 6.07) is 0. The smallest absolute Gasteiger partial charge is 0.0346 e. The lowest BCUT2D eigenvalue weighted by Gasteiger charge is -2.02. The van der Waals surface area contributed by atoms with Crippen molar-refractivity contribution in [1.82, 2.24) is 0 Å². The lowest BCUT2D eigenvalue weighted by atomic mass is 10.1. The van der Waals surface area contributed by atoms with Crippen LogP contribution in [0.5, 0.6) is 0 Å². The van der Waals surface area contributed by atoms with Crippen molar-refractivity contribution in [2.45, 2.75) is 13.8 Å². The van der Waals surface area contributed by atoms with Gasteiger partial charge in [-0.1, -0.05) is 24.3 Å². The van der Waals surface area contributed by atoms with E-state index in [4.69, 9.17) is 5.73 Å². The standard InChI is InChI=1S/C10H13N/c1-8-5-3-4-6-9(2)10(11)7-8/h3-7H,11H2,1-2H3/b4-3-,5-3?,6-4?,8-5?,8-7?,9-6-,10-7?,10-9?. The van der Waals surface area contributed by atoms with Gasteiger partial charge < -0.3 is 5.73 Å². The summed E-state index contributed by atoms with van der Waals surface area (Å²) in [5.41, 5.74) is 8.91. The molecule has 1 aliphatic rings. The molecule has 0 unspecified atom stereocenters. The third kappa shape index (κ3) is 2.11. The van der Waals surface area contributed by atoms with Crippen molar-refractivity contribution in [1.29, 1.82) is 0 Å². The third-order valence-corrected chi connectivity index (χ3v) is 1.65. The first-order valence-corrected chi connectivity index (χ1v) is 3.69. The highest BCUT2D eigenvalue weighted by molar-refractivity contribution is 5.38. The van der Waals surface area contributed by atoms with E-state index < -0.39 is 0 Å². The minimum atomic E-state index is 0.850. The van der Waals surface area contributed by atoms with Gasteiger partial charge in [0.15, 0.2) is 0 Å². The molecule has 1 aliphatic carbocycles. The van der Waals surface area contributed by atoms with Crippen LogP contribution >= 0.6 is 0 Å². The van der Waals surface area contributed by atoms with Crippen molar-refractivity contribution in [3.05, 3.63) is 47.2 Å². The SMILES string of the molecule is CC1=C/C=C\C=C(\C)C(N)=C1. The molecule has 1 nitrogen and oxygen atoms in total. The Balaban J connectivity index is 3.00. The highest BCUT2D eigenvalue weighted by Crippen LogP contribution is 2.09. The van der Waals surface area contributed by atoms with E-state index in [9.17, 15) is 0 Å². The van der Waals surface area contributed by atoms with Gasteiger partial charge in [0, 0.05) is 5.70 Å². The zero-order valence-corrected chi connectivity index (χ0v) is 6.96. The molecule has 0 atom stereocenters. The van der Waals surface area contributed by atoms with Gasteiger partial charge >= 0.3 is 0 Å². The highest BCUT2D eigenvalue weighted by atomic mass is 14.6. The summed E-state index contributed by atoms with van der Waals surface area (Å²) >= 11 is 0. The van der Waals surface area contributed by atoms with Gasteiger partial charge in [0.2, 0.25) is 0 Å². The fourth-order valence-electron chi connectivity index (χ4n) is 0.911. The molecule has 0 aromatic heterocycles. The van der Waals surface area contributed by atoms with Crippen molar-refractivity contribution in [3.8, 4) is 0 Å². The summed E-state index contributed by atoms with van der Waals surface area (Å²) in [6.45, 7) is 4.05. The van der Waals surface area contributed by atoms with Gasteiger partial charge in [-0.15, -0.1) is 0 Å². The van der Waals surface area contributed by atoms with Gasteiger partial charge in [-0.3, -0.25) is 0 Å². The average Bonchev–Trinajstić information content (AvgIpc) is 1.95. The van der Waals surface area contributed by atoms with Crippen LogP contribution in [0.2, 0.25) is 0 Å². The Bertz CT molecular complexity index is 265. The minimum Gasteiger partial charge on any atom is -0.399 e. The fourth-order valence-corrected chi connectivity index (χ4v) is 0.911. The minimum absolute atomic E-state index is 0.850. The Labute approximate surface area is 67.6 Å². The van der Waals surface area contributed by atoms with Gasteiger partial charge in [0.1, 0.15) is 0 Å². The van der Waals surface area contributed by atoms with Crippen molar-refractivity contribution in [3.63, 3.8) is 0 Å². The van der Waals surface area contributed by atoms with Gasteiger partial charge in [-0.2, -0.15) is 0 Å². The first-order valence-electron chi connectivity index (χ1n) is 3.69. The van der Waals surface area contributed by atoms with Crippen LogP contribution < -0.4 is 5.73 Å². The number of allylic oxidation sites excluding steroid dienone is 7. The van der Waals surface area contributed by atoms with Crippen molar-refractivity contribution in [2.24, 2.45) is 5.73 Å². The van der Waals surface area contributed by atoms with E-state index in [2.05, 4.69) is 0 Å². The fraction of sp³-hybridized carbons (Fsp3) is 0.200. The zero-order chi connectivity index (χ0) is 8.27. The van der Waals surface area contributed by atoms with Crippen LogP contribution in [-0.2, 0) is 0 Å². The van der Waals surface area contributed by atoms with Gasteiger partial charge in [0.05, 0.1) is 0 Å². The first kappa shape index (κ1) is 7.86. The quantitative estimate of drug-likeness (QED) is 0.559. The summed E-state index contributed by atoms with van der Waals surface area (Å²) in [4.78, 5) is 0. The molecular formula is C10H13N. The van der Waals surface area contributed by atoms with E-state index in [1.165, 1.54) is 5.57 Å². The molecule has 0 spiro atoms. The van der Waals surface area contributed by atoms with E-state index in [1.54, 1.807) is 0 Å². The van der Waals surface area contributed by atoms with E-state index in [0.717, 1.165) is 11.3 Å². The van der Waals surface area contributed by atoms with Gasteiger partial charge in [-0.05, 0) is 31.1 Å². The second kappa shape index (κ2) is 3.24. The lowest BCUT2D eigenvalue weighted by molar-refractivity contribution is 1.26.